The highest BCUT2D eigenvalue weighted by atomic mass is 79.9. The number of benzene rings is 1. The van der Waals surface area contributed by atoms with E-state index in [4.69, 9.17) is 10.5 Å². The van der Waals surface area contributed by atoms with Crippen LogP contribution in [0.3, 0.4) is 0 Å². The van der Waals surface area contributed by atoms with Crippen LogP contribution in [0.1, 0.15) is 47.2 Å². The molecule has 30 heavy (non-hydrogen) atoms. The maximum absolute atomic E-state index is 12.3. The van der Waals surface area contributed by atoms with E-state index in [1.807, 2.05) is 12.1 Å². The molecule has 1 aromatic carbocycles. The number of rotatable bonds is 3. The van der Waals surface area contributed by atoms with Crippen molar-refractivity contribution >= 4 is 5.91 Å². The van der Waals surface area contributed by atoms with Crippen molar-refractivity contribution in [2.75, 3.05) is 20.1 Å². The molecule has 5 aliphatic rings. The van der Waals surface area contributed by atoms with E-state index in [0.29, 0.717) is 11.3 Å². The van der Waals surface area contributed by atoms with E-state index in [1.54, 1.807) is 12.1 Å². The number of primary amides is 1. The number of nitrogens with two attached hydrogens (primary N) is 1. The molecule has 1 amide bonds. The minimum atomic E-state index is -1.11. The zero-order valence-electron chi connectivity index (χ0n) is 17.2. The highest BCUT2D eigenvalue weighted by Crippen LogP contribution is 2.64. The van der Waals surface area contributed by atoms with Crippen molar-refractivity contribution in [1.82, 2.24) is 0 Å². The number of aliphatic hydroxyl groups is 2. The molecule has 2 unspecified atom stereocenters. The average molecular weight is 477 g/mol. The van der Waals surface area contributed by atoms with Crippen LogP contribution in [-0.2, 0) is 11.8 Å². The normalized spacial score (nSPS) is 42.6. The molecule has 6 atom stereocenters. The van der Waals surface area contributed by atoms with Gasteiger partial charge in [0.15, 0.2) is 0 Å². The number of halogens is 1. The van der Waals surface area contributed by atoms with E-state index in [9.17, 15) is 15.0 Å². The quantitative estimate of drug-likeness (QED) is 0.348. The number of likely N-dealkylation sites (tertiary alicyclic amines) is 1. The van der Waals surface area contributed by atoms with E-state index in [1.165, 1.54) is 19.3 Å². The Morgan fingerprint density at radius 1 is 1.37 bits per heavy atom. The van der Waals surface area contributed by atoms with Crippen LogP contribution in [0.15, 0.2) is 24.3 Å². The Labute approximate surface area is 187 Å². The molecule has 2 heterocycles. The molecule has 1 saturated carbocycles. The van der Waals surface area contributed by atoms with Gasteiger partial charge in [-0.1, -0.05) is 18.6 Å². The molecule has 0 aromatic heterocycles. The molecular formula is C23H29BrN2O4. The third-order valence-corrected chi connectivity index (χ3v) is 8.85. The minimum absolute atomic E-state index is 0. The molecule has 2 fully saturated rings. The minimum Gasteiger partial charge on any atom is -1.00 e. The second-order valence-corrected chi connectivity index (χ2v) is 10.2. The molecule has 2 aliphatic heterocycles. The summed E-state index contributed by atoms with van der Waals surface area (Å²) in [6.45, 7) is 2.02. The fourth-order valence-corrected chi connectivity index (χ4v) is 7.26. The van der Waals surface area contributed by atoms with Crippen molar-refractivity contribution in [3.63, 3.8) is 0 Å². The molecule has 2 bridgehead atoms. The molecule has 1 saturated heterocycles. The lowest BCUT2D eigenvalue weighted by Crippen LogP contribution is -3.00. The van der Waals surface area contributed by atoms with Gasteiger partial charge in [-0.05, 0) is 30.5 Å². The summed E-state index contributed by atoms with van der Waals surface area (Å²) in [4.78, 5) is 12.1. The van der Waals surface area contributed by atoms with E-state index in [2.05, 4.69) is 7.05 Å². The Bertz CT molecular complexity index is 963. The molecule has 162 valence electrons. The van der Waals surface area contributed by atoms with Gasteiger partial charge in [0.25, 0.3) is 5.91 Å². The highest BCUT2D eigenvalue weighted by Gasteiger charge is 2.75. The van der Waals surface area contributed by atoms with Gasteiger partial charge in [0.05, 0.1) is 31.1 Å². The molecule has 3 aliphatic carbocycles. The van der Waals surface area contributed by atoms with Crippen LogP contribution in [0.4, 0.5) is 0 Å². The van der Waals surface area contributed by atoms with Crippen LogP contribution in [0.5, 0.6) is 5.75 Å². The summed E-state index contributed by atoms with van der Waals surface area (Å²) in [5.41, 5.74) is 6.18. The van der Waals surface area contributed by atoms with Crippen molar-refractivity contribution in [2.24, 2.45) is 11.7 Å². The van der Waals surface area contributed by atoms with E-state index in [-0.39, 0.29) is 23.0 Å². The summed E-state index contributed by atoms with van der Waals surface area (Å²) in [6, 6.07) is 3.74. The van der Waals surface area contributed by atoms with Crippen LogP contribution in [-0.4, -0.2) is 64.6 Å². The van der Waals surface area contributed by atoms with Gasteiger partial charge in [-0.2, -0.15) is 0 Å². The number of quaternary nitrogens is 1. The number of carbonyl (C=O) groups is 1. The third kappa shape index (κ3) is 2.22. The number of piperidine rings is 1. The second kappa shape index (κ2) is 6.31. The highest BCUT2D eigenvalue weighted by molar-refractivity contribution is 5.97. The summed E-state index contributed by atoms with van der Waals surface area (Å²) >= 11 is 0. The number of aliphatic hydroxyl groups excluding tert-OH is 1. The third-order valence-electron chi connectivity index (χ3n) is 8.85. The first-order chi connectivity index (χ1) is 13.8. The van der Waals surface area contributed by atoms with Crippen molar-refractivity contribution in [2.45, 2.75) is 61.4 Å². The molecule has 1 aromatic rings. The lowest BCUT2D eigenvalue weighted by atomic mass is 9.50. The van der Waals surface area contributed by atoms with Crippen LogP contribution in [0.25, 0.3) is 0 Å². The fourth-order valence-electron chi connectivity index (χ4n) is 7.26. The first-order valence-electron chi connectivity index (χ1n) is 10.9. The Morgan fingerprint density at radius 2 is 2.13 bits per heavy atom. The summed E-state index contributed by atoms with van der Waals surface area (Å²) in [5.74, 6) is 0.683. The van der Waals surface area contributed by atoms with Gasteiger partial charge in [-0.25, -0.2) is 0 Å². The number of hydrogen-bond acceptors (Lipinski definition) is 4. The van der Waals surface area contributed by atoms with Gasteiger partial charge in [0.1, 0.15) is 29.6 Å². The Morgan fingerprint density at radius 3 is 2.80 bits per heavy atom. The first-order valence-corrected chi connectivity index (χ1v) is 10.9. The summed E-state index contributed by atoms with van der Waals surface area (Å²) < 4.78 is 7.11. The maximum Gasteiger partial charge on any atom is 0.252 e. The predicted octanol–water partition coefficient (Wildman–Crippen LogP) is -1.97. The van der Waals surface area contributed by atoms with Crippen molar-refractivity contribution in [3.8, 4) is 5.75 Å². The molecule has 0 radical (unpaired) electrons. The first kappa shape index (κ1) is 20.5. The fraction of sp³-hybridized carbons (Fsp3) is 0.609. The van der Waals surface area contributed by atoms with Gasteiger partial charge in [-0.3, -0.25) is 4.79 Å². The number of ether oxygens (including phenoxy) is 1. The number of amides is 1. The van der Waals surface area contributed by atoms with Crippen LogP contribution < -0.4 is 27.5 Å². The lowest BCUT2D eigenvalue weighted by molar-refractivity contribution is -0.951. The number of nitrogens with zero attached hydrogens (tertiary/aromatic N) is 1. The summed E-state index contributed by atoms with van der Waals surface area (Å²) in [7, 11) is 2.29. The number of carbonyl (C=O) groups excluding carboxylic acids is 1. The number of hydrogen-bond donors (Lipinski definition) is 3. The van der Waals surface area contributed by atoms with Crippen LogP contribution >= 0.6 is 0 Å². The Balaban J connectivity index is 0.00000193. The van der Waals surface area contributed by atoms with Crippen molar-refractivity contribution in [3.05, 3.63) is 41.0 Å². The molecular weight excluding hydrogens is 448 g/mol. The summed E-state index contributed by atoms with van der Waals surface area (Å²) in [5, 5.41) is 23.1. The van der Waals surface area contributed by atoms with Gasteiger partial charge < -0.3 is 42.1 Å². The smallest absolute Gasteiger partial charge is 0.252 e. The van der Waals surface area contributed by atoms with Gasteiger partial charge in [0.2, 0.25) is 0 Å². The predicted molar refractivity (Wildman–Crippen MR) is 107 cm³/mol. The topological polar surface area (TPSA) is 92.8 Å². The average Bonchev–Trinajstić information content (AvgIpc) is 3.00. The Hall–Kier alpha value is -1.41. The Kier molecular flexibility index (Phi) is 4.31. The van der Waals surface area contributed by atoms with E-state index >= 15 is 0 Å². The molecule has 7 heteroatoms. The molecule has 6 rings (SSSR count). The van der Waals surface area contributed by atoms with E-state index < -0.39 is 29.1 Å². The monoisotopic (exact) mass is 476 g/mol. The van der Waals surface area contributed by atoms with Gasteiger partial charge >= 0.3 is 0 Å². The molecule has 4 N–H and O–H groups in total. The zero-order valence-corrected chi connectivity index (χ0v) is 18.8. The largest absolute Gasteiger partial charge is 1.00 e. The summed E-state index contributed by atoms with van der Waals surface area (Å²) in [6.07, 6.45) is 7.46. The molecule has 1 spiro atoms. The van der Waals surface area contributed by atoms with Gasteiger partial charge in [-0.15, -0.1) is 0 Å². The molecule has 6 nitrogen and oxygen atoms in total. The number of likely N-dealkylation sites (N-methyl/N-ethyl adjacent to an activating group) is 1. The lowest BCUT2D eigenvalue weighted by Gasteiger charge is -2.64. The maximum atomic E-state index is 12.3. The van der Waals surface area contributed by atoms with Crippen molar-refractivity contribution < 1.29 is 41.2 Å². The zero-order chi connectivity index (χ0) is 20.2. The van der Waals surface area contributed by atoms with Crippen LogP contribution in [0, 0.1) is 5.92 Å². The SMILES string of the molecule is C[N@@+]1(CC2CCC2)CCC23c4c5ccc(C(N)=O)c4O[C@H]2[C@@H](O)C=C[C@@]3(O)C1C5.[Br-]. The van der Waals surface area contributed by atoms with Crippen molar-refractivity contribution in [1.29, 1.82) is 0 Å². The van der Waals surface area contributed by atoms with Gasteiger partial charge in [0, 0.05) is 24.3 Å². The standard InChI is InChI=1S/C23H28N2O4.BrH/c1-25(12-13-3-2-4-13)10-9-22-18-14-5-6-15(21(24)27)19(18)29-20(22)16(26)7-8-23(22,28)17(25)11-14;/h5-8,13,16-17,20,26,28H,2-4,9-12H2,1H3,(H-,24,27);1H/t16-,17?,20-,22?,23+,25-;/m0./s1. The van der Waals surface area contributed by atoms with E-state index in [0.717, 1.165) is 47.5 Å². The van der Waals surface area contributed by atoms with Crippen LogP contribution in [0.2, 0.25) is 0 Å². The second-order valence-electron chi connectivity index (χ2n) is 10.2.